The molecule has 0 bridgehead atoms. The van der Waals surface area contributed by atoms with Gasteiger partial charge in [0, 0.05) is 34.4 Å². The summed E-state index contributed by atoms with van der Waals surface area (Å²) in [7, 11) is 3.08. The number of anilines is 2. The third kappa shape index (κ3) is 3.63. The van der Waals surface area contributed by atoms with Gasteiger partial charge in [0.05, 0.1) is 19.1 Å². The van der Waals surface area contributed by atoms with Gasteiger partial charge >= 0.3 is 0 Å². The lowest BCUT2D eigenvalue weighted by Crippen LogP contribution is -1.98. The highest BCUT2D eigenvalue weighted by Crippen LogP contribution is 2.33. The zero-order chi connectivity index (χ0) is 15.4. The summed E-state index contributed by atoms with van der Waals surface area (Å²) < 4.78 is 11.0. The maximum absolute atomic E-state index is 11.1. The monoisotopic (exact) mass is 352 g/mol. The molecule has 0 unspecified atom stereocenters. The minimum atomic E-state index is -0.440. The van der Waals surface area contributed by atoms with Crippen molar-refractivity contribution in [2.75, 3.05) is 19.5 Å². The highest BCUT2D eigenvalue weighted by molar-refractivity contribution is 9.10. The molecule has 7 heteroatoms. The predicted octanol–water partition coefficient (Wildman–Crippen LogP) is 4.12. The zero-order valence-corrected chi connectivity index (χ0v) is 13.0. The lowest BCUT2D eigenvalue weighted by atomic mass is 10.2. The van der Waals surface area contributed by atoms with Crippen LogP contribution in [-0.4, -0.2) is 19.1 Å². The number of nitro groups is 1. The van der Waals surface area contributed by atoms with E-state index in [0.29, 0.717) is 27.3 Å². The van der Waals surface area contributed by atoms with Crippen molar-refractivity contribution in [1.29, 1.82) is 0 Å². The molecule has 1 N–H and O–H groups in total. The predicted molar refractivity (Wildman–Crippen MR) is 83.6 cm³/mol. The van der Waals surface area contributed by atoms with Gasteiger partial charge in [-0.1, -0.05) is 15.9 Å². The molecule has 0 atom stereocenters. The number of nitro benzene ring substituents is 1. The van der Waals surface area contributed by atoms with Crippen molar-refractivity contribution in [2.45, 2.75) is 0 Å². The summed E-state index contributed by atoms with van der Waals surface area (Å²) in [4.78, 5) is 10.7. The summed E-state index contributed by atoms with van der Waals surface area (Å²) in [5.41, 5.74) is 1.00. The molecule has 0 amide bonds. The molecule has 0 heterocycles. The van der Waals surface area contributed by atoms with E-state index in [1.165, 1.54) is 6.07 Å². The Morgan fingerprint density at radius 1 is 1.10 bits per heavy atom. The van der Waals surface area contributed by atoms with E-state index in [1.54, 1.807) is 44.6 Å². The van der Waals surface area contributed by atoms with Crippen molar-refractivity contribution < 1.29 is 14.4 Å². The molecule has 0 aromatic heterocycles. The van der Waals surface area contributed by atoms with Crippen LogP contribution in [0.25, 0.3) is 0 Å². The number of benzene rings is 2. The quantitative estimate of drug-likeness (QED) is 0.647. The fourth-order valence-electron chi connectivity index (χ4n) is 1.80. The van der Waals surface area contributed by atoms with Gasteiger partial charge in [0.25, 0.3) is 5.69 Å². The van der Waals surface area contributed by atoms with Crippen LogP contribution >= 0.6 is 15.9 Å². The topological polar surface area (TPSA) is 73.6 Å². The molecule has 6 nitrogen and oxygen atoms in total. The number of methoxy groups -OCH3 is 2. The normalized spacial score (nSPS) is 10.0. The fourth-order valence-corrected chi connectivity index (χ4v) is 2.15. The highest BCUT2D eigenvalue weighted by Gasteiger charge is 2.15. The summed E-state index contributed by atoms with van der Waals surface area (Å²) >= 11 is 3.22. The van der Waals surface area contributed by atoms with E-state index in [4.69, 9.17) is 9.47 Å². The highest BCUT2D eigenvalue weighted by atomic mass is 79.9. The van der Waals surface area contributed by atoms with Crippen LogP contribution in [0.1, 0.15) is 0 Å². The zero-order valence-electron chi connectivity index (χ0n) is 11.4. The number of halogens is 1. The Hall–Kier alpha value is -2.28. The Bertz CT molecular complexity index is 654. The molecule has 0 aliphatic rings. The summed E-state index contributed by atoms with van der Waals surface area (Å²) in [6.45, 7) is 0. The third-order valence-corrected chi connectivity index (χ3v) is 3.28. The molecular formula is C14H13BrN2O4. The Kier molecular flexibility index (Phi) is 4.64. The maximum atomic E-state index is 11.1. The van der Waals surface area contributed by atoms with Crippen LogP contribution in [0, 0.1) is 10.1 Å². The molecular weight excluding hydrogens is 340 g/mol. The average molecular weight is 353 g/mol. The van der Waals surface area contributed by atoms with Crippen LogP contribution in [0.2, 0.25) is 0 Å². The molecule has 0 radical (unpaired) electrons. The SMILES string of the molecule is COc1cc(Nc2ccc(Br)cc2[N+](=O)[O-])cc(OC)c1. The Balaban J connectivity index is 2.40. The summed E-state index contributed by atoms with van der Waals surface area (Å²) in [5.74, 6) is 1.19. The van der Waals surface area contributed by atoms with E-state index < -0.39 is 4.92 Å². The summed E-state index contributed by atoms with van der Waals surface area (Å²) in [6.07, 6.45) is 0. The van der Waals surface area contributed by atoms with Gasteiger partial charge in [-0.3, -0.25) is 10.1 Å². The number of hydrogen-bond acceptors (Lipinski definition) is 5. The first-order valence-electron chi connectivity index (χ1n) is 5.97. The van der Waals surface area contributed by atoms with E-state index in [9.17, 15) is 10.1 Å². The molecule has 110 valence electrons. The molecule has 2 rings (SSSR count). The van der Waals surface area contributed by atoms with E-state index in [1.807, 2.05) is 0 Å². The summed E-state index contributed by atoms with van der Waals surface area (Å²) in [5, 5.41) is 14.1. The van der Waals surface area contributed by atoms with Crippen molar-refractivity contribution in [3.8, 4) is 11.5 Å². The molecule has 0 saturated carbocycles. The van der Waals surface area contributed by atoms with Crippen LogP contribution in [0.3, 0.4) is 0 Å². The first-order chi connectivity index (χ1) is 10.0. The first-order valence-corrected chi connectivity index (χ1v) is 6.77. The van der Waals surface area contributed by atoms with E-state index in [-0.39, 0.29) is 5.69 Å². The van der Waals surface area contributed by atoms with E-state index in [2.05, 4.69) is 21.2 Å². The smallest absolute Gasteiger partial charge is 0.293 e. The Labute approximate surface area is 130 Å². The van der Waals surface area contributed by atoms with Gasteiger partial charge in [-0.15, -0.1) is 0 Å². The number of nitrogens with zero attached hydrogens (tertiary/aromatic N) is 1. The van der Waals surface area contributed by atoms with Crippen molar-refractivity contribution in [2.24, 2.45) is 0 Å². The van der Waals surface area contributed by atoms with Crippen molar-refractivity contribution >= 4 is 33.0 Å². The molecule has 2 aromatic rings. The van der Waals surface area contributed by atoms with Gasteiger partial charge in [-0.05, 0) is 12.1 Å². The lowest BCUT2D eigenvalue weighted by molar-refractivity contribution is -0.384. The number of rotatable bonds is 5. The summed E-state index contributed by atoms with van der Waals surface area (Å²) in [6, 6.07) is 9.99. The Morgan fingerprint density at radius 3 is 2.24 bits per heavy atom. The molecule has 2 aromatic carbocycles. The average Bonchev–Trinajstić information content (AvgIpc) is 2.48. The van der Waals surface area contributed by atoms with E-state index >= 15 is 0 Å². The van der Waals surface area contributed by atoms with Crippen molar-refractivity contribution in [1.82, 2.24) is 0 Å². The van der Waals surface area contributed by atoms with Crippen molar-refractivity contribution in [3.05, 3.63) is 51.0 Å². The van der Waals surface area contributed by atoms with Crippen LogP contribution in [0.15, 0.2) is 40.9 Å². The van der Waals surface area contributed by atoms with Gasteiger partial charge < -0.3 is 14.8 Å². The van der Waals surface area contributed by atoms with Crippen LogP contribution < -0.4 is 14.8 Å². The van der Waals surface area contributed by atoms with E-state index in [0.717, 1.165) is 0 Å². The van der Waals surface area contributed by atoms with Crippen LogP contribution in [-0.2, 0) is 0 Å². The molecule has 0 aliphatic carbocycles. The molecule has 21 heavy (non-hydrogen) atoms. The second kappa shape index (κ2) is 6.45. The number of nitrogens with one attached hydrogen (secondary N) is 1. The Morgan fingerprint density at radius 2 is 1.71 bits per heavy atom. The largest absolute Gasteiger partial charge is 0.497 e. The first kappa shape index (κ1) is 15.1. The second-order valence-corrected chi connectivity index (χ2v) is 5.06. The fraction of sp³-hybridized carbons (Fsp3) is 0.143. The van der Waals surface area contributed by atoms with Crippen molar-refractivity contribution in [3.63, 3.8) is 0 Å². The number of ether oxygens (including phenoxy) is 2. The van der Waals surface area contributed by atoms with Gasteiger partial charge in [-0.25, -0.2) is 0 Å². The van der Waals surface area contributed by atoms with Gasteiger partial charge in [-0.2, -0.15) is 0 Å². The minimum absolute atomic E-state index is 0.0221. The molecule has 0 spiro atoms. The van der Waals surface area contributed by atoms with Gasteiger partial charge in [0.1, 0.15) is 17.2 Å². The number of hydrogen-bond donors (Lipinski definition) is 1. The minimum Gasteiger partial charge on any atom is -0.497 e. The van der Waals surface area contributed by atoms with Crippen LogP contribution in [0.5, 0.6) is 11.5 Å². The lowest BCUT2D eigenvalue weighted by Gasteiger charge is -2.11. The van der Waals surface area contributed by atoms with Gasteiger partial charge in [0.15, 0.2) is 0 Å². The third-order valence-electron chi connectivity index (χ3n) is 2.79. The standard InChI is InChI=1S/C14H13BrN2O4/c1-20-11-6-10(7-12(8-11)21-2)16-13-4-3-9(15)5-14(13)17(18)19/h3-8,16H,1-2H3. The molecule has 0 saturated heterocycles. The maximum Gasteiger partial charge on any atom is 0.293 e. The van der Waals surface area contributed by atoms with Gasteiger partial charge in [0.2, 0.25) is 0 Å². The molecule has 0 fully saturated rings. The second-order valence-electron chi connectivity index (χ2n) is 4.14. The molecule has 0 aliphatic heterocycles. The van der Waals surface area contributed by atoms with Crippen LogP contribution in [0.4, 0.5) is 17.1 Å².